The summed E-state index contributed by atoms with van der Waals surface area (Å²) in [6.45, 7) is 5.15. The molecule has 2 aromatic rings. The van der Waals surface area contributed by atoms with Crippen molar-refractivity contribution in [1.29, 1.82) is 0 Å². The van der Waals surface area contributed by atoms with Crippen molar-refractivity contribution in [3.63, 3.8) is 0 Å². The molecule has 0 amide bonds. The van der Waals surface area contributed by atoms with Crippen LogP contribution in [-0.4, -0.2) is 43.2 Å². The van der Waals surface area contributed by atoms with E-state index in [2.05, 4.69) is 19.7 Å². The van der Waals surface area contributed by atoms with Gasteiger partial charge in [0.1, 0.15) is 11.7 Å². The zero-order chi connectivity index (χ0) is 20.6. The summed E-state index contributed by atoms with van der Waals surface area (Å²) in [6.07, 6.45) is 3.07. The molecule has 0 aliphatic carbocycles. The number of anilines is 1. The number of benzene rings is 1. The van der Waals surface area contributed by atoms with E-state index in [0.717, 1.165) is 31.6 Å². The lowest BCUT2D eigenvalue weighted by atomic mass is 10.0. The summed E-state index contributed by atoms with van der Waals surface area (Å²) in [7, 11) is -3.54. The molecule has 1 atom stereocenters. The lowest BCUT2D eigenvalue weighted by Crippen LogP contribution is -2.43. The highest BCUT2D eigenvalue weighted by atomic mass is 32.2. The first kappa shape index (κ1) is 19.6. The van der Waals surface area contributed by atoms with Gasteiger partial charge in [-0.25, -0.2) is 13.1 Å². The van der Waals surface area contributed by atoms with Crippen LogP contribution in [0.1, 0.15) is 44.7 Å². The monoisotopic (exact) mass is 415 g/mol. The maximum atomic E-state index is 12.3. The second-order valence-corrected chi connectivity index (χ2v) is 9.35. The maximum absolute atomic E-state index is 12.3. The van der Waals surface area contributed by atoms with Crippen molar-refractivity contribution in [2.24, 2.45) is 4.99 Å². The normalized spacial score (nSPS) is 22.0. The summed E-state index contributed by atoms with van der Waals surface area (Å²) in [5.74, 6) is 1.15. The summed E-state index contributed by atoms with van der Waals surface area (Å²) in [5, 5.41) is 4.55. The van der Waals surface area contributed by atoms with Gasteiger partial charge in [-0.05, 0) is 51.3 Å². The van der Waals surface area contributed by atoms with Gasteiger partial charge in [0.05, 0.1) is 23.5 Å². The Morgan fingerprint density at radius 2 is 2.00 bits per heavy atom. The van der Waals surface area contributed by atoms with E-state index in [1.165, 1.54) is 4.68 Å². The Hall–Kier alpha value is -2.68. The third-order valence-corrected chi connectivity index (χ3v) is 6.74. The number of amidine groups is 1. The molecule has 1 unspecified atom stereocenters. The molecule has 1 saturated heterocycles. The van der Waals surface area contributed by atoms with E-state index < -0.39 is 10.0 Å². The van der Waals surface area contributed by atoms with Gasteiger partial charge in [-0.2, -0.15) is 5.10 Å². The quantitative estimate of drug-likeness (QED) is 0.823. The minimum atomic E-state index is -3.54. The molecule has 1 aromatic heterocycles. The molecule has 9 heteroatoms. The number of fused-ring (bicyclic) bond motifs is 1. The molecular weight excluding hydrogens is 390 g/mol. The Bertz CT molecular complexity index is 1110. The number of sulfonamides is 1. The van der Waals surface area contributed by atoms with Crippen LogP contribution in [0.15, 0.2) is 51.1 Å². The smallest absolute Gasteiger partial charge is 0.267 e. The van der Waals surface area contributed by atoms with E-state index in [1.807, 2.05) is 19.9 Å². The molecule has 2 aliphatic rings. The summed E-state index contributed by atoms with van der Waals surface area (Å²) in [6, 6.07) is 10.3. The fourth-order valence-corrected chi connectivity index (χ4v) is 5.13. The van der Waals surface area contributed by atoms with E-state index in [1.54, 1.807) is 30.3 Å². The summed E-state index contributed by atoms with van der Waals surface area (Å²) in [4.78, 5) is 19.1. The second-order valence-electron chi connectivity index (χ2n) is 7.70. The molecule has 4 rings (SSSR count). The number of piperidine rings is 1. The molecule has 1 aromatic carbocycles. The number of aliphatic imine (C=N–C) groups is 1. The van der Waals surface area contributed by atoms with Crippen LogP contribution in [-0.2, 0) is 10.0 Å². The maximum Gasteiger partial charge on any atom is 0.267 e. The molecule has 8 nitrogen and oxygen atoms in total. The number of nitrogens with zero attached hydrogens (tertiary/aromatic N) is 4. The average molecular weight is 416 g/mol. The van der Waals surface area contributed by atoms with E-state index in [9.17, 15) is 13.2 Å². The Morgan fingerprint density at radius 1 is 1.21 bits per heavy atom. The van der Waals surface area contributed by atoms with Gasteiger partial charge in [0.25, 0.3) is 15.6 Å². The Morgan fingerprint density at radius 3 is 2.79 bits per heavy atom. The van der Waals surface area contributed by atoms with Crippen molar-refractivity contribution in [2.75, 3.05) is 18.0 Å². The highest BCUT2D eigenvalue weighted by Crippen LogP contribution is 2.25. The van der Waals surface area contributed by atoms with Crippen molar-refractivity contribution in [3.8, 4) is 0 Å². The average Bonchev–Trinajstić information content (AvgIpc) is 2.97. The Kier molecular flexibility index (Phi) is 5.16. The molecule has 0 saturated carbocycles. The van der Waals surface area contributed by atoms with Gasteiger partial charge in [0.15, 0.2) is 0 Å². The number of hydrogen-bond donors (Lipinski definition) is 1. The predicted molar refractivity (Wildman–Crippen MR) is 112 cm³/mol. The fraction of sp³-hybridized carbons (Fsp3) is 0.450. The van der Waals surface area contributed by atoms with Gasteiger partial charge >= 0.3 is 0 Å². The Labute approximate surface area is 170 Å². The largest absolute Gasteiger partial charge is 0.350 e. The molecular formula is C20H25N5O3S. The minimum Gasteiger partial charge on any atom is -0.350 e. The van der Waals surface area contributed by atoms with E-state index >= 15 is 0 Å². The molecule has 0 bridgehead atoms. The molecule has 29 heavy (non-hydrogen) atoms. The van der Waals surface area contributed by atoms with E-state index in [-0.39, 0.29) is 22.5 Å². The summed E-state index contributed by atoms with van der Waals surface area (Å²) in [5.41, 5.74) is 0.496. The van der Waals surface area contributed by atoms with Gasteiger partial charge in [-0.3, -0.25) is 14.5 Å². The molecule has 1 N–H and O–H groups in total. The van der Waals surface area contributed by atoms with Crippen LogP contribution in [0.4, 0.5) is 5.82 Å². The van der Waals surface area contributed by atoms with Crippen LogP contribution in [0.5, 0.6) is 0 Å². The van der Waals surface area contributed by atoms with Gasteiger partial charge in [0.2, 0.25) is 0 Å². The summed E-state index contributed by atoms with van der Waals surface area (Å²) < 4.78 is 28.6. The highest BCUT2D eigenvalue weighted by molar-refractivity contribution is 7.90. The first-order valence-corrected chi connectivity index (χ1v) is 11.4. The lowest BCUT2D eigenvalue weighted by molar-refractivity contribution is 0.446. The molecule has 2 aliphatic heterocycles. The molecule has 0 spiro atoms. The van der Waals surface area contributed by atoms with Crippen LogP contribution < -0.4 is 15.2 Å². The van der Waals surface area contributed by atoms with Crippen LogP contribution in [0.2, 0.25) is 0 Å². The predicted octanol–water partition coefficient (Wildman–Crippen LogP) is 1.92. The number of hydrogen-bond acceptors (Lipinski definition) is 6. The standard InChI is InChI=1S/C20H25N5O3S/c1-14(2)25-19(26)11-10-18(22-25)24-12-6-5-7-15(24)13-21-20-16-8-3-4-9-17(16)29(27,28)23-20/h3-4,8-11,14-15H,5-7,12-13H2,1-2H3,(H,21,23). The van der Waals surface area contributed by atoms with Crippen LogP contribution in [0.3, 0.4) is 0 Å². The first-order valence-electron chi connectivity index (χ1n) is 9.90. The number of rotatable bonds is 4. The van der Waals surface area contributed by atoms with Crippen molar-refractivity contribution in [1.82, 2.24) is 14.5 Å². The van der Waals surface area contributed by atoms with Crippen LogP contribution in [0.25, 0.3) is 0 Å². The molecule has 3 heterocycles. The number of nitrogens with one attached hydrogen (secondary N) is 1. The number of aromatic nitrogens is 2. The van der Waals surface area contributed by atoms with Crippen molar-refractivity contribution in [3.05, 3.63) is 52.3 Å². The highest BCUT2D eigenvalue weighted by Gasteiger charge is 2.31. The molecule has 154 valence electrons. The SMILES string of the molecule is CC(C)n1nc(N2CCCCC2CN=C2NS(=O)(=O)c3ccccc32)ccc1=O. The van der Waals surface area contributed by atoms with Crippen LogP contribution in [0, 0.1) is 0 Å². The van der Waals surface area contributed by atoms with Crippen LogP contribution >= 0.6 is 0 Å². The topological polar surface area (TPSA) is 96.7 Å². The first-order chi connectivity index (χ1) is 13.9. The van der Waals surface area contributed by atoms with Gasteiger partial charge < -0.3 is 4.90 Å². The third-order valence-electron chi connectivity index (χ3n) is 5.34. The third kappa shape index (κ3) is 3.78. The van der Waals surface area contributed by atoms with Crippen molar-refractivity contribution >= 4 is 21.7 Å². The molecule has 0 radical (unpaired) electrons. The van der Waals surface area contributed by atoms with E-state index in [4.69, 9.17) is 0 Å². The van der Waals surface area contributed by atoms with E-state index in [0.29, 0.717) is 17.9 Å². The van der Waals surface area contributed by atoms with Gasteiger partial charge in [-0.15, -0.1) is 0 Å². The fourth-order valence-electron chi connectivity index (χ4n) is 3.88. The minimum absolute atomic E-state index is 0.0182. The van der Waals surface area contributed by atoms with Gasteiger partial charge in [0, 0.05) is 18.2 Å². The zero-order valence-electron chi connectivity index (χ0n) is 16.6. The van der Waals surface area contributed by atoms with Crippen molar-refractivity contribution < 1.29 is 8.42 Å². The second kappa shape index (κ2) is 7.62. The van der Waals surface area contributed by atoms with Gasteiger partial charge in [-0.1, -0.05) is 12.1 Å². The molecule has 1 fully saturated rings. The zero-order valence-corrected chi connectivity index (χ0v) is 17.4. The summed E-state index contributed by atoms with van der Waals surface area (Å²) >= 11 is 0. The lowest BCUT2D eigenvalue weighted by Gasteiger charge is -2.36. The Balaban J connectivity index is 1.61. The van der Waals surface area contributed by atoms with Crippen molar-refractivity contribution in [2.45, 2.75) is 50.1 Å².